The highest BCUT2D eigenvalue weighted by molar-refractivity contribution is 9.10. The third kappa shape index (κ3) is 3.82. The minimum Gasteiger partial charge on any atom is -0.226 e. The van der Waals surface area contributed by atoms with Gasteiger partial charge in [0, 0.05) is 17.4 Å². The fourth-order valence-corrected chi connectivity index (χ4v) is 2.87. The van der Waals surface area contributed by atoms with E-state index in [1.165, 1.54) is 4.90 Å². The summed E-state index contributed by atoms with van der Waals surface area (Å²) in [6, 6.07) is 12.2. The number of halogens is 1. The molecule has 2 rings (SSSR count). The summed E-state index contributed by atoms with van der Waals surface area (Å²) in [6.45, 7) is 2.13. The zero-order valence-corrected chi connectivity index (χ0v) is 12.0. The van der Waals surface area contributed by atoms with Crippen molar-refractivity contribution in [2.75, 3.05) is 0 Å². The maximum atomic E-state index is 4.54. The van der Waals surface area contributed by atoms with Crippen molar-refractivity contribution in [3.05, 3.63) is 46.8 Å². The van der Waals surface area contributed by atoms with E-state index in [1.54, 1.807) is 11.8 Å². The molecule has 0 aliphatic heterocycles. The minimum absolute atomic E-state index is 0.856. The molecule has 0 fully saturated rings. The van der Waals surface area contributed by atoms with Gasteiger partial charge in [0.25, 0.3) is 0 Å². The topological polar surface area (TPSA) is 25.8 Å². The van der Waals surface area contributed by atoms with E-state index in [4.69, 9.17) is 0 Å². The predicted octanol–water partition coefficient (Wildman–Crippen LogP) is 4.34. The lowest BCUT2D eigenvalue weighted by Gasteiger charge is -2.04. The van der Waals surface area contributed by atoms with E-state index < -0.39 is 0 Å². The lowest BCUT2D eigenvalue weighted by atomic mass is 10.3. The molecule has 88 valence electrons. The molecule has 0 aliphatic carbocycles. The van der Waals surface area contributed by atoms with Gasteiger partial charge in [0.2, 0.25) is 0 Å². The van der Waals surface area contributed by atoms with E-state index in [2.05, 4.69) is 45.0 Å². The number of rotatable bonds is 4. The second-order valence-corrected chi connectivity index (χ2v) is 5.52. The lowest BCUT2D eigenvalue weighted by molar-refractivity contribution is 0.803. The van der Waals surface area contributed by atoms with Crippen molar-refractivity contribution in [3.8, 4) is 0 Å². The third-order valence-corrected chi connectivity index (χ3v) is 3.49. The standard InChI is InChI=1S/C13H13BrN2S/c1-2-6-12-15-11(14)9-13(16-12)17-10-7-4-3-5-8-10/h3-5,7-9H,2,6H2,1H3. The molecule has 1 heterocycles. The third-order valence-electron chi connectivity index (χ3n) is 2.16. The summed E-state index contributed by atoms with van der Waals surface area (Å²) in [7, 11) is 0. The van der Waals surface area contributed by atoms with Gasteiger partial charge in [0.15, 0.2) is 0 Å². The van der Waals surface area contributed by atoms with E-state index in [0.717, 1.165) is 28.3 Å². The molecule has 2 nitrogen and oxygen atoms in total. The molecule has 0 saturated carbocycles. The van der Waals surface area contributed by atoms with Crippen LogP contribution in [-0.2, 0) is 6.42 Å². The van der Waals surface area contributed by atoms with Gasteiger partial charge in [-0.25, -0.2) is 9.97 Å². The number of hydrogen-bond acceptors (Lipinski definition) is 3. The number of aryl methyl sites for hydroxylation is 1. The van der Waals surface area contributed by atoms with Gasteiger partial charge in [-0.3, -0.25) is 0 Å². The lowest BCUT2D eigenvalue weighted by Crippen LogP contribution is -1.96. The van der Waals surface area contributed by atoms with Gasteiger partial charge >= 0.3 is 0 Å². The van der Waals surface area contributed by atoms with Crippen LogP contribution >= 0.6 is 27.7 Å². The molecule has 1 aromatic carbocycles. The first kappa shape index (κ1) is 12.6. The highest BCUT2D eigenvalue weighted by Crippen LogP contribution is 2.27. The average molecular weight is 309 g/mol. The van der Waals surface area contributed by atoms with E-state index in [0.29, 0.717) is 0 Å². The van der Waals surface area contributed by atoms with Crippen LogP contribution in [0.4, 0.5) is 0 Å². The molecule has 0 atom stereocenters. The molecule has 0 unspecified atom stereocenters. The van der Waals surface area contributed by atoms with Crippen LogP contribution in [0.5, 0.6) is 0 Å². The Balaban J connectivity index is 2.21. The van der Waals surface area contributed by atoms with Crippen LogP contribution in [-0.4, -0.2) is 9.97 Å². The summed E-state index contributed by atoms with van der Waals surface area (Å²) in [6.07, 6.45) is 1.98. The molecule has 17 heavy (non-hydrogen) atoms. The van der Waals surface area contributed by atoms with Crippen LogP contribution in [0.2, 0.25) is 0 Å². The molecule has 4 heteroatoms. The first-order chi connectivity index (χ1) is 8.28. The van der Waals surface area contributed by atoms with Crippen LogP contribution in [0.15, 0.2) is 50.9 Å². The van der Waals surface area contributed by atoms with E-state index in [9.17, 15) is 0 Å². The predicted molar refractivity (Wildman–Crippen MR) is 74.3 cm³/mol. The van der Waals surface area contributed by atoms with Crippen molar-refractivity contribution in [1.29, 1.82) is 0 Å². The molecule has 0 amide bonds. The van der Waals surface area contributed by atoms with E-state index >= 15 is 0 Å². The highest BCUT2D eigenvalue weighted by Gasteiger charge is 2.04. The molecule has 2 aromatic rings. The maximum Gasteiger partial charge on any atom is 0.130 e. The van der Waals surface area contributed by atoms with Crippen LogP contribution in [0.3, 0.4) is 0 Å². The summed E-state index contributed by atoms with van der Waals surface area (Å²) in [5.74, 6) is 0.903. The fraction of sp³-hybridized carbons (Fsp3) is 0.231. The first-order valence-corrected chi connectivity index (χ1v) is 7.15. The smallest absolute Gasteiger partial charge is 0.130 e. The summed E-state index contributed by atoms with van der Waals surface area (Å²) >= 11 is 5.09. The zero-order valence-electron chi connectivity index (χ0n) is 9.56. The Labute approximate surface area is 114 Å². The summed E-state index contributed by atoms with van der Waals surface area (Å²) in [5, 5.41) is 0.988. The molecule has 0 N–H and O–H groups in total. The van der Waals surface area contributed by atoms with Gasteiger partial charge < -0.3 is 0 Å². The first-order valence-electron chi connectivity index (χ1n) is 5.54. The van der Waals surface area contributed by atoms with Crippen molar-refractivity contribution >= 4 is 27.7 Å². The molecule has 0 saturated heterocycles. The number of aromatic nitrogens is 2. The van der Waals surface area contributed by atoms with Crippen molar-refractivity contribution in [2.24, 2.45) is 0 Å². The molecule has 0 spiro atoms. The second kappa shape index (κ2) is 6.17. The van der Waals surface area contributed by atoms with Gasteiger partial charge in [0.05, 0.1) is 0 Å². The Bertz CT molecular complexity index is 488. The summed E-state index contributed by atoms with van der Waals surface area (Å²) < 4.78 is 0.856. The number of nitrogens with zero attached hydrogens (tertiary/aromatic N) is 2. The molecular weight excluding hydrogens is 296 g/mol. The Morgan fingerprint density at radius 3 is 2.65 bits per heavy atom. The van der Waals surface area contributed by atoms with Crippen LogP contribution in [0.25, 0.3) is 0 Å². The molecule has 0 radical (unpaired) electrons. The van der Waals surface area contributed by atoms with Gasteiger partial charge in [-0.05, 0) is 34.5 Å². The van der Waals surface area contributed by atoms with Crippen molar-refractivity contribution in [1.82, 2.24) is 9.97 Å². The largest absolute Gasteiger partial charge is 0.226 e. The minimum atomic E-state index is 0.856. The Morgan fingerprint density at radius 2 is 1.94 bits per heavy atom. The van der Waals surface area contributed by atoms with Crippen molar-refractivity contribution in [2.45, 2.75) is 29.7 Å². The number of hydrogen-bond donors (Lipinski definition) is 0. The van der Waals surface area contributed by atoms with Crippen molar-refractivity contribution < 1.29 is 0 Å². The Hall–Kier alpha value is -0.870. The van der Waals surface area contributed by atoms with E-state index in [-0.39, 0.29) is 0 Å². The Morgan fingerprint density at radius 1 is 1.18 bits per heavy atom. The molecular formula is C13H13BrN2S. The molecule has 0 aliphatic rings. The highest BCUT2D eigenvalue weighted by atomic mass is 79.9. The van der Waals surface area contributed by atoms with Gasteiger partial charge in [-0.15, -0.1) is 0 Å². The summed E-state index contributed by atoms with van der Waals surface area (Å²) in [4.78, 5) is 10.1. The molecule has 0 bridgehead atoms. The molecule has 1 aromatic heterocycles. The Kier molecular flexibility index (Phi) is 4.57. The summed E-state index contributed by atoms with van der Waals surface area (Å²) in [5.41, 5.74) is 0. The normalized spacial score (nSPS) is 10.5. The maximum absolute atomic E-state index is 4.54. The quantitative estimate of drug-likeness (QED) is 0.786. The van der Waals surface area contributed by atoms with E-state index in [1.807, 2.05) is 24.3 Å². The van der Waals surface area contributed by atoms with Gasteiger partial charge in [-0.2, -0.15) is 0 Å². The average Bonchev–Trinajstić information content (AvgIpc) is 2.30. The van der Waals surface area contributed by atoms with Crippen LogP contribution in [0, 0.1) is 0 Å². The SMILES string of the molecule is CCCc1nc(Br)cc(Sc2ccccc2)n1. The van der Waals surface area contributed by atoms with Gasteiger partial charge in [0.1, 0.15) is 15.5 Å². The fourth-order valence-electron chi connectivity index (χ4n) is 1.44. The number of benzene rings is 1. The van der Waals surface area contributed by atoms with Crippen molar-refractivity contribution in [3.63, 3.8) is 0 Å². The zero-order chi connectivity index (χ0) is 12.1. The van der Waals surface area contributed by atoms with Crippen LogP contribution < -0.4 is 0 Å². The van der Waals surface area contributed by atoms with Gasteiger partial charge in [-0.1, -0.05) is 36.9 Å². The monoisotopic (exact) mass is 308 g/mol. The van der Waals surface area contributed by atoms with Crippen LogP contribution in [0.1, 0.15) is 19.2 Å². The second-order valence-electron chi connectivity index (χ2n) is 3.61.